The molecule has 59 heavy (non-hydrogen) atoms. The Morgan fingerprint density at radius 1 is 0.932 bits per heavy atom. The second-order valence-corrected chi connectivity index (χ2v) is 14.7. The monoisotopic (exact) mass is 817 g/mol. The number of carboxylic acid groups (broad SMARTS) is 1. The summed E-state index contributed by atoms with van der Waals surface area (Å²) < 4.78 is 24.1. The van der Waals surface area contributed by atoms with Crippen LogP contribution in [-0.4, -0.2) is 135 Å². The molecule has 4 N–H and O–H groups in total. The van der Waals surface area contributed by atoms with E-state index in [2.05, 4.69) is 16.0 Å². The highest BCUT2D eigenvalue weighted by Crippen LogP contribution is 2.40. The van der Waals surface area contributed by atoms with Crippen molar-refractivity contribution in [3.05, 3.63) is 74.7 Å². The van der Waals surface area contributed by atoms with Crippen LogP contribution in [-0.2, 0) is 50.4 Å². The van der Waals surface area contributed by atoms with Crippen LogP contribution >= 0.6 is 0 Å². The van der Waals surface area contributed by atoms with Gasteiger partial charge in [-0.25, -0.2) is 9.59 Å². The Labute approximate surface area is 341 Å². The van der Waals surface area contributed by atoms with Crippen molar-refractivity contribution in [1.82, 2.24) is 29.9 Å². The van der Waals surface area contributed by atoms with Gasteiger partial charge in [-0.15, -0.1) is 0 Å². The molecule has 2 atom stereocenters. The molecule has 3 aliphatic heterocycles. The summed E-state index contributed by atoms with van der Waals surface area (Å²) in [6.07, 6.45) is 2.39. The SMILES string of the molecule is COc1cc(-c2cn(C)c(=O)c3c2CCN(C(=O)NCCOCCOCCNc2cccc4c2CN(C2CCC(=O)NC2=O)C4=O)C3C(=O)O)cc(OC)c1CN(C)C. The van der Waals surface area contributed by atoms with E-state index >= 15 is 0 Å². The summed E-state index contributed by atoms with van der Waals surface area (Å²) in [5.74, 6) is -1.19. The minimum atomic E-state index is -1.51. The average molecular weight is 818 g/mol. The number of carbonyl (C=O) groups is 5. The Balaban J connectivity index is 0.978. The van der Waals surface area contributed by atoms with Crippen molar-refractivity contribution in [2.45, 2.75) is 44.4 Å². The van der Waals surface area contributed by atoms with Crippen LogP contribution in [0.3, 0.4) is 0 Å². The molecule has 0 saturated carbocycles. The van der Waals surface area contributed by atoms with Gasteiger partial charge in [0.1, 0.15) is 17.5 Å². The first kappa shape index (κ1) is 42.6. The number of anilines is 1. The second-order valence-electron chi connectivity index (χ2n) is 14.7. The van der Waals surface area contributed by atoms with E-state index in [1.54, 1.807) is 39.6 Å². The third kappa shape index (κ3) is 9.19. The first-order chi connectivity index (χ1) is 28.3. The predicted octanol–water partition coefficient (Wildman–Crippen LogP) is 1.73. The molecule has 5 amide bonds. The molecule has 0 spiro atoms. The van der Waals surface area contributed by atoms with E-state index < -0.39 is 35.6 Å². The topological polar surface area (TPSA) is 210 Å². The van der Waals surface area contributed by atoms with Crippen LogP contribution < -0.4 is 31.0 Å². The van der Waals surface area contributed by atoms with Gasteiger partial charge in [-0.1, -0.05) is 6.07 Å². The predicted molar refractivity (Wildman–Crippen MR) is 214 cm³/mol. The molecule has 6 rings (SSSR count). The van der Waals surface area contributed by atoms with E-state index in [1.165, 1.54) is 9.47 Å². The number of aromatic nitrogens is 1. The van der Waals surface area contributed by atoms with Gasteiger partial charge in [0.2, 0.25) is 11.8 Å². The highest BCUT2D eigenvalue weighted by atomic mass is 16.5. The number of aliphatic carboxylic acids is 1. The number of benzene rings is 2. The molecule has 316 valence electrons. The molecule has 1 aromatic heterocycles. The quantitative estimate of drug-likeness (QED) is 0.113. The van der Waals surface area contributed by atoms with Crippen LogP contribution in [0, 0.1) is 0 Å². The normalized spacial score (nSPS) is 17.4. The van der Waals surface area contributed by atoms with Crippen LogP contribution in [0.15, 0.2) is 41.3 Å². The number of imide groups is 1. The number of fused-ring (bicyclic) bond motifs is 2. The number of hydrogen-bond acceptors (Lipinski definition) is 12. The Hall–Kier alpha value is -5.98. The van der Waals surface area contributed by atoms with E-state index in [0.29, 0.717) is 59.9 Å². The highest BCUT2D eigenvalue weighted by Gasteiger charge is 2.41. The smallest absolute Gasteiger partial charge is 0.331 e. The number of carboxylic acids is 1. The fourth-order valence-corrected chi connectivity index (χ4v) is 7.86. The van der Waals surface area contributed by atoms with Crippen LogP contribution in [0.5, 0.6) is 11.5 Å². The number of pyridine rings is 1. The van der Waals surface area contributed by atoms with E-state index in [1.807, 2.05) is 37.2 Å². The minimum absolute atomic E-state index is 0.0245. The van der Waals surface area contributed by atoms with E-state index in [9.17, 15) is 33.9 Å². The Morgan fingerprint density at radius 3 is 2.27 bits per heavy atom. The summed E-state index contributed by atoms with van der Waals surface area (Å²) in [5.41, 5.74) is 4.30. The zero-order chi connectivity index (χ0) is 42.4. The number of methoxy groups -OCH3 is 2. The lowest BCUT2D eigenvalue weighted by Crippen LogP contribution is -2.52. The molecule has 0 aliphatic carbocycles. The molecule has 2 aromatic carbocycles. The Kier molecular flexibility index (Phi) is 13.5. The Morgan fingerprint density at radius 2 is 1.63 bits per heavy atom. The van der Waals surface area contributed by atoms with Crippen LogP contribution in [0.2, 0.25) is 0 Å². The zero-order valence-electron chi connectivity index (χ0n) is 33.9. The molecule has 18 heteroatoms. The molecule has 0 bridgehead atoms. The van der Waals surface area contributed by atoms with Crippen molar-refractivity contribution in [2.75, 3.05) is 79.7 Å². The molecule has 0 radical (unpaired) electrons. The number of rotatable bonds is 17. The van der Waals surface area contributed by atoms with Crippen LogP contribution in [0.1, 0.15) is 51.5 Å². The molecule has 1 fully saturated rings. The van der Waals surface area contributed by atoms with E-state index in [4.69, 9.17) is 18.9 Å². The fraction of sp³-hybridized carbons (Fsp3) is 0.463. The van der Waals surface area contributed by atoms with Crippen molar-refractivity contribution in [3.63, 3.8) is 0 Å². The van der Waals surface area contributed by atoms with E-state index in [0.717, 1.165) is 21.7 Å². The number of amides is 5. The number of nitrogens with one attached hydrogen (secondary N) is 3. The van der Waals surface area contributed by atoms with Crippen molar-refractivity contribution in [2.24, 2.45) is 7.05 Å². The molecular formula is C41H51N7O11. The number of ether oxygens (including phenoxy) is 4. The number of nitrogens with zero attached hydrogens (tertiary/aromatic N) is 4. The van der Waals surface area contributed by atoms with Gasteiger partial charge in [-0.3, -0.25) is 24.5 Å². The van der Waals surface area contributed by atoms with Gasteiger partial charge >= 0.3 is 12.0 Å². The summed E-state index contributed by atoms with van der Waals surface area (Å²) in [6.45, 7) is 2.41. The molecule has 4 heterocycles. The second kappa shape index (κ2) is 18.7. The Bertz CT molecular complexity index is 2150. The van der Waals surface area contributed by atoms with Crippen LogP contribution in [0.4, 0.5) is 10.5 Å². The number of carbonyl (C=O) groups excluding carboxylic acids is 4. The van der Waals surface area contributed by atoms with Gasteiger partial charge in [0.05, 0.1) is 51.8 Å². The van der Waals surface area contributed by atoms with Crippen LogP contribution in [0.25, 0.3) is 11.1 Å². The largest absolute Gasteiger partial charge is 0.496 e. The standard InChI is InChI=1S/C41H51N7O11/c1-45(2)21-29-32(56-4)19-24(20-33(29)57-5)27-22-46(3)39(52)35-25(27)11-14-47(36(35)40(53)54)41(55)43-13-16-59-18-17-58-15-12-42-30-8-6-7-26-28(30)23-48(38(26)51)31-9-10-34(49)44-37(31)50/h6-8,19-20,22,31,36,42H,9-18,21,23H2,1-5H3,(H,43,55)(H,53,54)(H,44,49,50). The van der Waals surface area contributed by atoms with Gasteiger partial charge in [0, 0.05) is 74.8 Å². The summed E-state index contributed by atoms with van der Waals surface area (Å²) in [7, 11) is 8.54. The summed E-state index contributed by atoms with van der Waals surface area (Å²) in [4.78, 5) is 81.4. The number of urea groups is 1. The lowest BCUT2D eigenvalue weighted by Gasteiger charge is -2.35. The lowest BCUT2D eigenvalue weighted by atomic mass is 9.87. The molecular weight excluding hydrogens is 766 g/mol. The fourth-order valence-electron chi connectivity index (χ4n) is 7.86. The van der Waals surface area contributed by atoms with Crippen molar-refractivity contribution in [3.8, 4) is 22.6 Å². The number of hydrogen-bond donors (Lipinski definition) is 4. The maximum Gasteiger partial charge on any atom is 0.331 e. The van der Waals surface area contributed by atoms with Crippen molar-refractivity contribution in [1.29, 1.82) is 0 Å². The third-order valence-corrected chi connectivity index (χ3v) is 10.6. The number of aryl methyl sites for hydroxylation is 1. The summed E-state index contributed by atoms with van der Waals surface area (Å²) in [5, 5.41) is 18.7. The first-order valence-corrected chi connectivity index (χ1v) is 19.4. The third-order valence-electron chi connectivity index (χ3n) is 10.6. The first-order valence-electron chi connectivity index (χ1n) is 19.4. The maximum absolute atomic E-state index is 13.6. The number of piperidine rings is 1. The molecule has 2 unspecified atom stereocenters. The van der Waals surface area contributed by atoms with Crippen molar-refractivity contribution >= 4 is 35.4 Å². The van der Waals surface area contributed by atoms with Gasteiger partial charge in [-0.05, 0) is 62.3 Å². The lowest BCUT2D eigenvalue weighted by molar-refractivity contribution is -0.143. The van der Waals surface area contributed by atoms with Gasteiger partial charge in [0.15, 0.2) is 6.04 Å². The van der Waals surface area contributed by atoms with E-state index in [-0.39, 0.29) is 69.7 Å². The van der Waals surface area contributed by atoms with Gasteiger partial charge in [-0.2, -0.15) is 0 Å². The summed E-state index contributed by atoms with van der Waals surface area (Å²) in [6, 6.07) is 6.21. The zero-order valence-corrected chi connectivity index (χ0v) is 33.9. The molecule has 18 nitrogen and oxygen atoms in total. The average Bonchev–Trinajstić information content (AvgIpc) is 3.55. The van der Waals surface area contributed by atoms with Crippen molar-refractivity contribution < 1.29 is 48.0 Å². The highest BCUT2D eigenvalue weighted by molar-refractivity contribution is 6.06. The van der Waals surface area contributed by atoms with Gasteiger partial charge in [0.25, 0.3) is 11.5 Å². The molecule has 3 aromatic rings. The minimum Gasteiger partial charge on any atom is -0.496 e. The molecule has 1 saturated heterocycles. The summed E-state index contributed by atoms with van der Waals surface area (Å²) >= 11 is 0. The maximum atomic E-state index is 13.6. The molecule has 3 aliphatic rings. The van der Waals surface area contributed by atoms with Gasteiger partial charge < -0.3 is 54.0 Å².